The lowest BCUT2D eigenvalue weighted by Gasteiger charge is -2.15. The number of benzene rings is 3. The highest BCUT2D eigenvalue weighted by molar-refractivity contribution is 7.15. The zero-order chi connectivity index (χ0) is 25.7. The molecule has 1 aromatic heterocycles. The summed E-state index contributed by atoms with van der Waals surface area (Å²) >= 11 is 1.63. The maximum absolute atomic E-state index is 12.6. The number of hydrogen-bond acceptors (Lipinski definition) is 7. The predicted octanol–water partition coefficient (Wildman–Crippen LogP) is 6.46. The van der Waals surface area contributed by atoms with Gasteiger partial charge in [-0.3, -0.25) is 0 Å². The Balaban J connectivity index is 1.50. The highest BCUT2D eigenvalue weighted by atomic mass is 32.1. The first-order valence-electron chi connectivity index (χ1n) is 11.1. The van der Waals surface area contributed by atoms with Crippen LogP contribution in [0.5, 0.6) is 23.0 Å². The quantitative estimate of drug-likeness (QED) is 0.285. The SMILES string of the molecule is COc1ccc(-c2nc(C)sc2-c2ccc(NC(=O)Nc3cc(OC)c(OC)c(OC)c3)cc2)cc1. The summed E-state index contributed by atoms with van der Waals surface area (Å²) in [5, 5.41) is 6.62. The summed E-state index contributed by atoms with van der Waals surface area (Å²) in [7, 11) is 6.21. The largest absolute Gasteiger partial charge is 0.497 e. The molecule has 0 aliphatic carbocycles. The van der Waals surface area contributed by atoms with Crippen molar-refractivity contribution in [3.63, 3.8) is 0 Å². The van der Waals surface area contributed by atoms with Crippen LogP contribution in [0.15, 0.2) is 60.7 Å². The van der Waals surface area contributed by atoms with Gasteiger partial charge in [0.25, 0.3) is 0 Å². The number of urea groups is 1. The number of carbonyl (C=O) groups is 1. The Morgan fingerprint density at radius 3 is 1.89 bits per heavy atom. The summed E-state index contributed by atoms with van der Waals surface area (Å²) in [4.78, 5) is 18.4. The van der Waals surface area contributed by atoms with Crippen molar-refractivity contribution in [3.8, 4) is 44.7 Å². The van der Waals surface area contributed by atoms with Gasteiger partial charge in [-0.15, -0.1) is 11.3 Å². The van der Waals surface area contributed by atoms with Gasteiger partial charge in [-0.25, -0.2) is 9.78 Å². The van der Waals surface area contributed by atoms with Crippen molar-refractivity contribution in [1.82, 2.24) is 4.98 Å². The molecule has 0 bridgehead atoms. The van der Waals surface area contributed by atoms with Crippen LogP contribution in [-0.2, 0) is 0 Å². The second-order valence-electron chi connectivity index (χ2n) is 7.71. The summed E-state index contributed by atoms with van der Waals surface area (Å²) in [6, 6.07) is 18.4. The molecule has 2 N–H and O–H groups in total. The van der Waals surface area contributed by atoms with Crippen LogP contribution in [0, 0.1) is 6.92 Å². The van der Waals surface area contributed by atoms with Crippen LogP contribution in [-0.4, -0.2) is 39.5 Å². The molecule has 4 rings (SSSR count). The van der Waals surface area contributed by atoms with Crippen LogP contribution < -0.4 is 29.6 Å². The Kier molecular flexibility index (Phi) is 7.60. The van der Waals surface area contributed by atoms with E-state index in [-0.39, 0.29) is 0 Å². The second kappa shape index (κ2) is 11.0. The van der Waals surface area contributed by atoms with Gasteiger partial charge in [0.1, 0.15) is 5.75 Å². The van der Waals surface area contributed by atoms with Crippen molar-refractivity contribution in [3.05, 3.63) is 65.7 Å². The Morgan fingerprint density at radius 2 is 1.33 bits per heavy atom. The zero-order valence-electron chi connectivity index (χ0n) is 20.7. The average Bonchev–Trinajstić information content (AvgIpc) is 3.29. The molecule has 0 aliphatic rings. The minimum Gasteiger partial charge on any atom is -0.497 e. The summed E-state index contributed by atoms with van der Waals surface area (Å²) in [5.41, 5.74) is 4.10. The molecule has 0 unspecified atom stereocenters. The number of methoxy groups -OCH3 is 4. The second-order valence-corrected chi connectivity index (χ2v) is 8.91. The molecule has 0 spiro atoms. The average molecular weight is 506 g/mol. The molecule has 0 aliphatic heterocycles. The molecule has 0 saturated carbocycles. The molecular weight excluding hydrogens is 478 g/mol. The van der Waals surface area contributed by atoms with Gasteiger partial charge in [0.2, 0.25) is 5.75 Å². The maximum Gasteiger partial charge on any atom is 0.323 e. The van der Waals surface area contributed by atoms with Gasteiger partial charge in [-0.2, -0.15) is 0 Å². The van der Waals surface area contributed by atoms with Gasteiger partial charge in [-0.1, -0.05) is 12.1 Å². The number of aromatic nitrogens is 1. The standard InChI is InChI=1S/C27H27N3O5S/c1-16-28-24(17-8-12-21(32-2)13-9-17)26(36-16)18-6-10-19(11-7-18)29-27(31)30-20-14-22(33-3)25(35-5)23(15-20)34-4/h6-15H,1-5H3,(H2,29,30,31). The van der Waals surface area contributed by atoms with Crippen molar-refractivity contribution in [2.24, 2.45) is 0 Å². The lowest BCUT2D eigenvalue weighted by molar-refractivity contribution is 0.262. The molecule has 1 heterocycles. The fourth-order valence-electron chi connectivity index (χ4n) is 3.72. The first-order chi connectivity index (χ1) is 17.4. The molecule has 3 aromatic carbocycles. The molecular formula is C27H27N3O5S. The van der Waals surface area contributed by atoms with Gasteiger partial charge in [0.15, 0.2) is 11.5 Å². The van der Waals surface area contributed by atoms with E-state index in [0.717, 1.165) is 32.5 Å². The van der Waals surface area contributed by atoms with Crippen LogP contribution in [0.3, 0.4) is 0 Å². The molecule has 8 nitrogen and oxygen atoms in total. The molecule has 2 amide bonds. The van der Waals surface area contributed by atoms with E-state index >= 15 is 0 Å². The number of aryl methyl sites for hydroxylation is 1. The number of hydrogen-bond donors (Lipinski definition) is 2. The fraction of sp³-hybridized carbons (Fsp3) is 0.185. The van der Waals surface area contributed by atoms with Crippen LogP contribution >= 0.6 is 11.3 Å². The maximum atomic E-state index is 12.6. The third-order valence-corrected chi connectivity index (χ3v) is 6.44. The summed E-state index contributed by atoms with van der Waals surface area (Å²) in [5.74, 6) is 2.15. The number of thiazole rings is 1. The Bertz CT molecular complexity index is 1330. The van der Waals surface area contributed by atoms with Gasteiger partial charge in [-0.05, 0) is 48.9 Å². The third kappa shape index (κ3) is 5.36. The van der Waals surface area contributed by atoms with Crippen molar-refractivity contribution >= 4 is 28.7 Å². The highest BCUT2D eigenvalue weighted by Crippen LogP contribution is 2.40. The van der Waals surface area contributed by atoms with Crippen molar-refractivity contribution in [2.75, 3.05) is 39.1 Å². The highest BCUT2D eigenvalue weighted by Gasteiger charge is 2.16. The molecule has 36 heavy (non-hydrogen) atoms. The number of amides is 2. The summed E-state index contributed by atoms with van der Waals surface area (Å²) < 4.78 is 21.3. The van der Waals surface area contributed by atoms with Crippen LogP contribution in [0.1, 0.15) is 5.01 Å². The minimum absolute atomic E-state index is 0.399. The third-order valence-electron chi connectivity index (χ3n) is 5.43. The first-order valence-corrected chi connectivity index (χ1v) is 11.9. The number of nitrogens with one attached hydrogen (secondary N) is 2. The van der Waals surface area contributed by atoms with Gasteiger partial charge in [0, 0.05) is 23.4 Å². The minimum atomic E-state index is -0.399. The zero-order valence-corrected chi connectivity index (χ0v) is 21.5. The number of anilines is 2. The molecule has 0 radical (unpaired) electrons. The van der Waals surface area contributed by atoms with Gasteiger partial charge < -0.3 is 29.6 Å². The molecule has 186 valence electrons. The van der Waals surface area contributed by atoms with E-state index in [4.69, 9.17) is 23.9 Å². The fourth-order valence-corrected chi connectivity index (χ4v) is 4.67. The van der Waals surface area contributed by atoms with E-state index in [1.165, 1.54) is 21.3 Å². The van der Waals surface area contributed by atoms with Gasteiger partial charge >= 0.3 is 6.03 Å². The van der Waals surface area contributed by atoms with Gasteiger partial charge in [0.05, 0.1) is 49.7 Å². The number of rotatable bonds is 8. The predicted molar refractivity (Wildman–Crippen MR) is 143 cm³/mol. The van der Waals surface area contributed by atoms with E-state index in [0.29, 0.717) is 28.6 Å². The van der Waals surface area contributed by atoms with Crippen LogP contribution in [0.25, 0.3) is 21.7 Å². The van der Waals surface area contributed by atoms with Crippen molar-refractivity contribution in [1.29, 1.82) is 0 Å². The summed E-state index contributed by atoms with van der Waals surface area (Å²) in [6.07, 6.45) is 0. The van der Waals surface area contributed by atoms with E-state index in [9.17, 15) is 4.79 Å². The number of carbonyl (C=O) groups excluding carboxylic acids is 1. The molecule has 0 atom stereocenters. The van der Waals surface area contributed by atoms with E-state index < -0.39 is 6.03 Å². The van der Waals surface area contributed by atoms with E-state index in [1.54, 1.807) is 30.6 Å². The lowest BCUT2D eigenvalue weighted by Crippen LogP contribution is -2.19. The van der Waals surface area contributed by atoms with Crippen LogP contribution in [0.2, 0.25) is 0 Å². The molecule has 0 fully saturated rings. The Morgan fingerprint density at radius 1 is 0.750 bits per heavy atom. The molecule has 4 aromatic rings. The summed E-state index contributed by atoms with van der Waals surface area (Å²) in [6.45, 7) is 1.99. The van der Waals surface area contributed by atoms with Crippen LogP contribution in [0.4, 0.5) is 16.2 Å². The number of ether oxygens (including phenoxy) is 4. The number of nitrogens with zero attached hydrogens (tertiary/aromatic N) is 1. The Labute approximate surface area is 213 Å². The van der Waals surface area contributed by atoms with Crippen molar-refractivity contribution < 1.29 is 23.7 Å². The van der Waals surface area contributed by atoms with E-state index in [1.807, 2.05) is 55.5 Å². The Hall–Kier alpha value is -4.24. The normalized spacial score (nSPS) is 10.5. The molecule has 9 heteroatoms. The smallest absolute Gasteiger partial charge is 0.323 e. The molecule has 0 saturated heterocycles. The topological polar surface area (TPSA) is 90.9 Å². The van der Waals surface area contributed by atoms with E-state index in [2.05, 4.69) is 10.6 Å². The van der Waals surface area contributed by atoms with Crippen molar-refractivity contribution in [2.45, 2.75) is 6.92 Å². The first kappa shape index (κ1) is 24.9. The lowest BCUT2D eigenvalue weighted by atomic mass is 10.1. The monoisotopic (exact) mass is 505 g/mol.